The third-order valence-corrected chi connectivity index (χ3v) is 3.96. The summed E-state index contributed by atoms with van der Waals surface area (Å²) in [6, 6.07) is 14.4. The zero-order chi connectivity index (χ0) is 15.4. The molecular formula is C18H21Cl2NO2. The molecule has 3 nitrogen and oxygen atoms in total. The largest absolute Gasteiger partial charge is 0.493 e. The van der Waals surface area contributed by atoms with Gasteiger partial charge in [-0.05, 0) is 48.2 Å². The van der Waals surface area contributed by atoms with E-state index in [0.717, 1.165) is 28.6 Å². The van der Waals surface area contributed by atoms with E-state index in [1.54, 1.807) is 7.11 Å². The summed E-state index contributed by atoms with van der Waals surface area (Å²) in [5, 5.41) is 4.23. The molecule has 1 saturated carbocycles. The molecule has 0 bridgehead atoms. The molecule has 0 amide bonds. The van der Waals surface area contributed by atoms with Crippen LogP contribution in [0, 0.1) is 0 Å². The summed E-state index contributed by atoms with van der Waals surface area (Å²) in [5.41, 5.74) is 2.29. The van der Waals surface area contributed by atoms with Crippen molar-refractivity contribution >= 4 is 24.0 Å². The van der Waals surface area contributed by atoms with Gasteiger partial charge in [-0.2, -0.15) is 0 Å². The lowest BCUT2D eigenvalue weighted by Crippen LogP contribution is -2.15. The van der Waals surface area contributed by atoms with Crippen LogP contribution in [0.25, 0.3) is 0 Å². The molecule has 1 aliphatic carbocycles. The van der Waals surface area contributed by atoms with Gasteiger partial charge in [-0.15, -0.1) is 12.4 Å². The maximum absolute atomic E-state index is 5.88. The Morgan fingerprint density at radius 3 is 2.39 bits per heavy atom. The van der Waals surface area contributed by atoms with E-state index in [9.17, 15) is 0 Å². The lowest BCUT2D eigenvalue weighted by Gasteiger charge is -2.13. The fourth-order valence-electron chi connectivity index (χ4n) is 2.23. The molecule has 23 heavy (non-hydrogen) atoms. The van der Waals surface area contributed by atoms with Crippen LogP contribution in [0.3, 0.4) is 0 Å². The molecule has 0 spiro atoms. The van der Waals surface area contributed by atoms with E-state index in [4.69, 9.17) is 21.1 Å². The van der Waals surface area contributed by atoms with E-state index in [2.05, 4.69) is 11.4 Å². The maximum Gasteiger partial charge on any atom is 0.161 e. The van der Waals surface area contributed by atoms with Crippen LogP contribution in [0.2, 0.25) is 5.02 Å². The average molecular weight is 354 g/mol. The summed E-state index contributed by atoms with van der Waals surface area (Å²) in [7, 11) is 1.67. The Hall–Kier alpha value is -1.42. The minimum absolute atomic E-state index is 0. The van der Waals surface area contributed by atoms with Gasteiger partial charge >= 0.3 is 0 Å². The van der Waals surface area contributed by atoms with Crippen molar-refractivity contribution in [2.24, 2.45) is 0 Å². The number of halogens is 2. The van der Waals surface area contributed by atoms with Crippen molar-refractivity contribution in [3.05, 3.63) is 58.6 Å². The quantitative estimate of drug-likeness (QED) is 0.788. The van der Waals surface area contributed by atoms with Crippen molar-refractivity contribution in [1.82, 2.24) is 5.32 Å². The number of hydrogen-bond acceptors (Lipinski definition) is 3. The van der Waals surface area contributed by atoms with Crippen LogP contribution in [-0.2, 0) is 13.2 Å². The summed E-state index contributed by atoms with van der Waals surface area (Å²) in [6.45, 7) is 1.37. The minimum Gasteiger partial charge on any atom is -0.493 e. The Balaban J connectivity index is 0.00000192. The topological polar surface area (TPSA) is 30.5 Å². The Morgan fingerprint density at radius 2 is 1.74 bits per heavy atom. The summed E-state index contributed by atoms with van der Waals surface area (Å²) in [6.07, 6.45) is 2.58. The molecule has 0 atom stereocenters. The van der Waals surface area contributed by atoms with E-state index < -0.39 is 0 Å². The van der Waals surface area contributed by atoms with Gasteiger partial charge in [-0.3, -0.25) is 0 Å². The number of rotatable bonds is 7. The minimum atomic E-state index is 0. The van der Waals surface area contributed by atoms with E-state index in [1.165, 1.54) is 18.4 Å². The SMILES string of the molecule is COc1cc(CNC2CC2)ccc1OCc1ccc(Cl)cc1.Cl. The first-order chi connectivity index (χ1) is 10.7. The highest BCUT2D eigenvalue weighted by molar-refractivity contribution is 6.30. The summed E-state index contributed by atoms with van der Waals surface area (Å²) >= 11 is 5.88. The molecule has 0 saturated heterocycles. The molecule has 0 aromatic heterocycles. The first-order valence-electron chi connectivity index (χ1n) is 7.52. The van der Waals surface area contributed by atoms with Crippen molar-refractivity contribution < 1.29 is 9.47 Å². The van der Waals surface area contributed by atoms with Crippen molar-refractivity contribution in [3.8, 4) is 11.5 Å². The normalized spacial score (nSPS) is 13.3. The predicted octanol–water partition coefficient (Wildman–Crippen LogP) is 4.60. The predicted molar refractivity (Wildman–Crippen MR) is 95.9 cm³/mol. The Bertz CT molecular complexity index is 627. The second-order valence-electron chi connectivity index (χ2n) is 5.56. The molecule has 1 fully saturated rings. The molecule has 1 N–H and O–H groups in total. The first kappa shape index (κ1) is 17.9. The first-order valence-corrected chi connectivity index (χ1v) is 7.90. The van der Waals surface area contributed by atoms with Crippen LogP contribution in [-0.4, -0.2) is 13.2 Å². The molecular weight excluding hydrogens is 333 g/mol. The highest BCUT2D eigenvalue weighted by atomic mass is 35.5. The number of nitrogens with one attached hydrogen (secondary N) is 1. The highest BCUT2D eigenvalue weighted by Crippen LogP contribution is 2.29. The van der Waals surface area contributed by atoms with Crippen LogP contribution in [0.15, 0.2) is 42.5 Å². The monoisotopic (exact) mass is 353 g/mol. The Labute approximate surface area is 148 Å². The summed E-state index contributed by atoms with van der Waals surface area (Å²) in [5.74, 6) is 1.52. The number of methoxy groups -OCH3 is 1. The van der Waals surface area contributed by atoms with Gasteiger partial charge in [0.05, 0.1) is 7.11 Å². The smallest absolute Gasteiger partial charge is 0.161 e. The molecule has 2 aromatic rings. The zero-order valence-electron chi connectivity index (χ0n) is 13.0. The molecule has 124 valence electrons. The zero-order valence-corrected chi connectivity index (χ0v) is 14.6. The molecule has 5 heteroatoms. The van der Waals surface area contributed by atoms with Crippen LogP contribution < -0.4 is 14.8 Å². The maximum atomic E-state index is 5.88. The van der Waals surface area contributed by atoms with Gasteiger partial charge in [-0.1, -0.05) is 29.8 Å². The lowest BCUT2D eigenvalue weighted by molar-refractivity contribution is 0.284. The second kappa shape index (κ2) is 8.44. The summed E-state index contributed by atoms with van der Waals surface area (Å²) in [4.78, 5) is 0. The van der Waals surface area contributed by atoms with Crippen LogP contribution in [0.4, 0.5) is 0 Å². The van der Waals surface area contributed by atoms with Gasteiger partial charge in [0, 0.05) is 17.6 Å². The number of ether oxygens (including phenoxy) is 2. The molecule has 0 unspecified atom stereocenters. The Kier molecular flexibility index (Phi) is 6.58. The van der Waals surface area contributed by atoms with Gasteiger partial charge in [0.1, 0.15) is 6.61 Å². The molecule has 0 aliphatic heterocycles. The fraction of sp³-hybridized carbons (Fsp3) is 0.333. The van der Waals surface area contributed by atoms with E-state index in [1.807, 2.05) is 36.4 Å². The molecule has 0 heterocycles. The van der Waals surface area contributed by atoms with E-state index in [-0.39, 0.29) is 12.4 Å². The number of hydrogen-bond donors (Lipinski definition) is 1. The van der Waals surface area contributed by atoms with Crippen LogP contribution in [0.5, 0.6) is 11.5 Å². The average Bonchev–Trinajstić information content (AvgIpc) is 3.37. The van der Waals surface area contributed by atoms with Crippen molar-refractivity contribution in [3.63, 3.8) is 0 Å². The third-order valence-electron chi connectivity index (χ3n) is 3.71. The fourth-order valence-corrected chi connectivity index (χ4v) is 2.36. The van der Waals surface area contributed by atoms with Crippen molar-refractivity contribution in [1.29, 1.82) is 0 Å². The van der Waals surface area contributed by atoms with E-state index >= 15 is 0 Å². The standard InChI is InChI=1S/C18H20ClNO2.ClH/c1-21-18-10-14(11-20-16-7-8-16)4-9-17(18)22-12-13-2-5-15(19)6-3-13;/h2-6,9-10,16,20H,7-8,11-12H2,1H3;1H. The van der Waals surface area contributed by atoms with Crippen LogP contribution in [0.1, 0.15) is 24.0 Å². The van der Waals surface area contributed by atoms with Gasteiger partial charge in [0.15, 0.2) is 11.5 Å². The van der Waals surface area contributed by atoms with Crippen molar-refractivity contribution in [2.75, 3.05) is 7.11 Å². The second-order valence-corrected chi connectivity index (χ2v) is 5.99. The summed E-state index contributed by atoms with van der Waals surface area (Å²) < 4.78 is 11.3. The van der Waals surface area contributed by atoms with Gasteiger partial charge in [-0.25, -0.2) is 0 Å². The molecule has 2 aromatic carbocycles. The third kappa shape index (κ3) is 5.31. The number of benzene rings is 2. The van der Waals surface area contributed by atoms with Gasteiger partial charge in [0.25, 0.3) is 0 Å². The van der Waals surface area contributed by atoms with E-state index in [0.29, 0.717) is 12.6 Å². The molecule has 1 aliphatic rings. The Morgan fingerprint density at radius 1 is 1.04 bits per heavy atom. The molecule has 3 rings (SSSR count). The van der Waals surface area contributed by atoms with Crippen molar-refractivity contribution in [2.45, 2.75) is 32.0 Å². The van der Waals surface area contributed by atoms with Gasteiger partial charge < -0.3 is 14.8 Å². The van der Waals surface area contributed by atoms with Gasteiger partial charge in [0.2, 0.25) is 0 Å². The van der Waals surface area contributed by atoms with Crippen LogP contribution >= 0.6 is 24.0 Å². The molecule has 0 radical (unpaired) electrons. The lowest BCUT2D eigenvalue weighted by atomic mass is 10.2. The highest BCUT2D eigenvalue weighted by Gasteiger charge is 2.20.